The monoisotopic (exact) mass is 393 g/mol. The fourth-order valence-corrected chi connectivity index (χ4v) is 4.35. The molecular weight excluding hydrogens is 378 g/mol. The van der Waals surface area contributed by atoms with Crippen LogP contribution in [0.3, 0.4) is 0 Å². The van der Waals surface area contributed by atoms with Crippen molar-refractivity contribution in [3.63, 3.8) is 0 Å². The van der Waals surface area contributed by atoms with Crippen LogP contribution in [0.4, 0.5) is 0 Å². The quantitative estimate of drug-likeness (QED) is 0.554. The van der Waals surface area contributed by atoms with Gasteiger partial charge in [0.05, 0.1) is 23.3 Å². The van der Waals surface area contributed by atoms with Crippen LogP contribution in [-0.2, 0) is 6.54 Å². The van der Waals surface area contributed by atoms with Gasteiger partial charge in [-0.05, 0) is 43.0 Å². The van der Waals surface area contributed by atoms with Crippen molar-refractivity contribution in [2.24, 2.45) is 0 Å². The lowest BCUT2D eigenvalue weighted by Gasteiger charge is -2.09. The summed E-state index contributed by atoms with van der Waals surface area (Å²) in [7, 11) is 0. The van der Waals surface area contributed by atoms with Crippen molar-refractivity contribution in [2.75, 3.05) is 0 Å². The predicted octanol–water partition coefficient (Wildman–Crippen LogP) is 3.87. The Balaban J connectivity index is 1.64. The summed E-state index contributed by atoms with van der Waals surface area (Å²) in [6, 6.07) is 15.0. The number of benzene rings is 1. The second-order valence-electron chi connectivity index (χ2n) is 5.72. The molecule has 1 amide bonds. The van der Waals surface area contributed by atoms with Gasteiger partial charge in [0, 0.05) is 11.6 Å². The third-order valence-corrected chi connectivity index (χ3v) is 5.60. The average molecular weight is 393 g/mol. The lowest BCUT2D eigenvalue weighted by Crippen LogP contribution is -2.23. The Kier molecular flexibility index (Phi) is 5.08. The highest BCUT2D eigenvalue weighted by atomic mass is 32.2. The van der Waals surface area contributed by atoms with Crippen LogP contribution < -0.4 is 5.32 Å². The first kappa shape index (κ1) is 17.6. The van der Waals surface area contributed by atoms with E-state index in [1.54, 1.807) is 12.3 Å². The van der Waals surface area contributed by atoms with Crippen LogP contribution in [0.2, 0.25) is 0 Å². The molecular formula is C19H15N5OS2. The van der Waals surface area contributed by atoms with Crippen LogP contribution in [0.15, 0.2) is 64.1 Å². The molecule has 1 aromatic carbocycles. The number of carbonyl (C=O) groups excluding carboxylic acids is 1. The van der Waals surface area contributed by atoms with Gasteiger partial charge >= 0.3 is 0 Å². The number of rotatable bonds is 5. The van der Waals surface area contributed by atoms with Crippen molar-refractivity contribution < 1.29 is 4.79 Å². The van der Waals surface area contributed by atoms with E-state index in [2.05, 4.69) is 25.5 Å². The standard InChI is InChI=1S/C19H15N5OS2/c1-12-23-24-19(26-12)27-17-10-15(14-7-2-3-8-16(14)22-17)18(25)21-11-13-6-4-5-9-20-13/h2-10H,11H2,1H3,(H,21,25). The summed E-state index contributed by atoms with van der Waals surface area (Å²) in [5.74, 6) is -0.158. The first-order valence-electron chi connectivity index (χ1n) is 8.25. The van der Waals surface area contributed by atoms with Crippen molar-refractivity contribution >= 4 is 39.9 Å². The molecule has 0 spiro atoms. The number of carbonyl (C=O) groups is 1. The van der Waals surface area contributed by atoms with Gasteiger partial charge in [-0.15, -0.1) is 10.2 Å². The zero-order chi connectivity index (χ0) is 18.6. The molecule has 3 aromatic heterocycles. The summed E-state index contributed by atoms with van der Waals surface area (Å²) in [6.07, 6.45) is 1.71. The van der Waals surface area contributed by atoms with Gasteiger partial charge in [-0.25, -0.2) is 4.98 Å². The fraction of sp³-hybridized carbons (Fsp3) is 0.105. The molecule has 0 saturated carbocycles. The molecule has 0 saturated heterocycles. The Morgan fingerprint density at radius 3 is 2.78 bits per heavy atom. The summed E-state index contributed by atoms with van der Waals surface area (Å²) in [6.45, 7) is 2.28. The summed E-state index contributed by atoms with van der Waals surface area (Å²) < 4.78 is 0.801. The largest absolute Gasteiger partial charge is 0.346 e. The minimum atomic E-state index is -0.158. The number of amides is 1. The molecule has 3 heterocycles. The molecule has 0 aliphatic carbocycles. The van der Waals surface area contributed by atoms with Crippen molar-refractivity contribution in [3.8, 4) is 0 Å². The molecule has 4 rings (SSSR count). The van der Waals surface area contributed by atoms with Crippen LogP contribution >= 0.6 is 23.1 Å². The molecule has 6 nitrogen and oxygen atoms in total. The Hall–Kier alpha value is -2.84. The number of pyridine rings is 2. The number of aromatic nitrogens is 4. The number of hydrogen-bond donors (Lipinski definition) is 1. The van der Waals surface area contributed by atoms with Crippen molar-refractivity contribution in [3.05, 3.63) is 71.0 Å². The van der Waals surface area contributed by atoms with Gasteiger partial charge in [-0.3, -0.25) is 9.78 Å². The zero-order valence-electron chi connectivity index (χ0n) is 14.4. The molecule has 134 valence electrons. The van der Waals surface area contributed by atoms with Crippen LogP contribution in [0.5, 0.6) is 0 Å². The number of aryl methyl sites for hydroxylation is 1. The third-order valence-electron chi connectivity index (χ3n) is 3.79. The second-order valence-corrected chi connectivity index (χ2v) is 8.17. The van der Waals surface area contributed by atoms with Gasteiger partial charge in [0.1, 0.15) is 10.0 Å². The van der Waals surface area contributed by atoms with E-state index in [1.807, 2.05) is 49.4 Å². The number of para-hydroxylation sites is 1. The predicted molar refractivity (Wildman–Crippen MR) is 106 cm³/mol. The molecule has 4 aromatic rings. The first-order valence-corrected chi connectivity index (χ1v) is 9.88. The van der Waals surface area contributed by atoms with E-state index in [1.165, 1.54) is 23.1 Å². The van der Waals surface area contributed by atoms with Crippen molar-refractivity contribution in [1.82, 2.24) is 25.5 Å². The van der Waals surface area contributed by atoms with Crippen molar-refractivity contribution in [1.29, 1.82) is 0 Å². The zero-order valence-corrected chi connectivity index (χ0v) is 16.0. The van der Waals surface area contributed by atoms with E-state index >= 15 is 0 Å². The Bertz CT molecular complexity index is 1100. The molecule has 0 bridgehead atoms. The summed E-state index contributed by atoms with van der Waals surface area (Å²) in [4.78, 5) is 21.7. The second kappa shape index (κ2) is 7.81. The van der Waals surface area contributed by atoms with E-state index in [0.29, 0.717) is 17.1 Å². The molecule has 0 aliphatic rings. The number of nitrogens with one attached hydrogen (secondary N) is 1. The van der Waals surface area contributed by atoms with E-state index < -0.39 is 0 Å². The minimum absolute atomic E-state index is 0.158. The number of fused-ring (bicyclic) bond motifs is 1. The smallest absolute Gasteiger partial charge is 0.252 e. The SMILES string of the molecule is Cc1nnc(Sc2cc(C(=O)NCc3ccccn3)c3ccccc3n2)s1. The normalized spacial score (nSPS) is 10.9. The molecule has 0 unspecified atom stereocenters. The fourth-order valence-electron chi connectivity index (χ4n) is 2.57. The molecule has 1 N–H and O–H groups in total. The molecule has 27 heavy (non-hydrogen) atoms. The highest BCUT2D eigenvalue weighted by molar-refractivity contribution is 8.01. The molecule has 0 atom stereocenters. The van der Waals surface area contributed by atoms with Crippen LogP contribution in [0, 0.1) is 6.92 Å². The van der Waals surface area contributed by atoms with Crippen LogP contribution in [0.1, 0.15) is 21.1 Å². The van der Waals surface area contributed by atoms with Gasteiger partial charge < -0.3 is 5.32 Å². The lowest BCUT2D eigenvalue weighted by molar-refractivity contribution is 0.0951. The Morgan fingerprint density at radius 2 is 2.00 bits per heavy atom. The molecule has 0 aliphatic heterocycles. The number of hydrogen-bond acceptors (Lipinski definition) is 7. The van der Waals surface area contributed by atoms with E-state index in [0.717, 1.165) is 25.9 Å². The van der Waals surface area contributed by atoms with Crippen LogP contribution in [-0.4, -0.2) is 26.1 Å². The van der Waals surface area contributed by atoms with E-state index in [9.17, 15) is 4.79 Å². The maximum absolute atomic E-state index is 12.8. The number of nitrogens with zero attached hydrogens (tertiary/aromatic N) is 4. The molecule has 8 heteroatoms. The van der Waals surface area contributed by atoms with Gasteiger partial charge in [0.15, 0.2) is 4.34 Å². The molecule has 0 fully saturated rings. The summed E-state index contributed by atoms with van der Waals surface area (Å²) in [5, 5.41) is 13.5. The third kappa shape index (κ3) is 4.12. The maximum atomic E-state index is 12.8. The van der Waals surface area contributed by atoms with Gasteiger partial charge in [-0.2, -0.15) is 0 Å². The summed E-state index contributed by atoms with van der Waals surface area (Å²) in [5.41, 5.74) is 2.16. The molecule has 0 radical (unpaired) electrons. The van der Waals surface area contributed by atoms with Crippen molar-refractivity contribution in [2.45, 2.75) is 22.8 Å². The first-order chi connectivity index (χ1) is 13.2. The van der Waals surface area contributed by atoms with E-state index in [4.69, 9.17) is 0 Å². The van der Waals surface area contributed by atoms with Crippen LogP contribution in [0.25, 0.3) is 10.9 Å². The maximum Gasteiger partial charge on any atom is 0.252 e. The Morgan fingerprint density at radius 1 is 1.15 bits per heavy atom. The topological polar surface area (TPSA) is 80.7 Å². The van der Waals surface area contributed by atoms with Gasteiger partial charge in [-0.1, -0.05) is 35.6 Å². The summed E-state index contributed by atoms with van der Waals surface area (Å²) >= 11 is 2.91. The minimum Gasteiger partial charge on any atom is -0.346 e. The van der Waals surface area contributed by atoms with Gasteiger partial charge in [0.2, 0.25) is 0 Å². The highest BCUT2D eigenvalue weighted by Crippen LogP contribution is 2.31. The van der Waals surface area contributed by atoms with E-state index in [-0.39, 0.29) is 5.91 Å². The van der Waals surface area contributed by atoms with Gasteiger partial charge in [0.25, 0.3) is 5.91 Å². The average Bonchev–Trinajstić information content (AvgIpc) is 3.11. The Labute approximate surface area is 164 Å². The lowest BCUT2D eigenvalue weighted by atomic mass is 10.1. The highest BCUT2D eigenvalue weighted by Gasteiger charge is 2.15.